The van der Waals surface area contributed by atoms with Crippen LogP contribution >= 0.6 is 0 Å². The first-order chi connectivity index (χ1) is 13.8. The summed E-state index contributed by atoms with van der Waals surface area (Å²) in [6, 6.07) is 15.2. The third-order valence-corrected chi connectivity index (χ3v) is 5.27. The maximum absolute atomic E-state index is 4.74. The summed E-state index contributed by atoms with van der Waals surface area (Å²) in [4.78, 5) is 11.5. The van der Waals surface area contributed by atoms with E-state index in [4.69, 9.17) is 4.99 Å². The van der Waals surface area contributed by atoms with Crippen LogP contribution in [0.15, 0.2) is 47.6 Å². The standard InChI is InChI=1S/C24H20N4/c1-3-5-15-27-21-17(19-9-7-13-25-23(19)27)11-12-18-20-10-8-14-26-24(20)28(22(18)21)16-6-4-2/h7-14,19,23H,3-4H2,1-2H3. The number of aromatic nitrogens is 2. The van der Waals surface area contributed by atoms with Crippen LogP contribution < -0.4 is 4.90 Å². The molecule has 0 N–H and O–H groups in total. The molecule has 4 heterocycles. The van der Waals surface area contributed by atoms with Crippen LogP contribution in [0.2, 0.25) is 0 Å². The van der Waals surface area contributed by atoms with Crippen LogP contribution in [0.25, 0.3) is 21.9 Å². The van der Waals surface area contributed by atoms with E-state index in [1.807, 2.05) is 29.1 Å². The summed E-state index contributed by atoms with van der Waals surface area (Å²) >= 11 is 0. The van der Waals surface area contributed by atoms with Crippen molar-refractivity contribution in [3.8, 4) is 23.9 Å². The number of hydrogen-bond donors (Lipinski definition) is 0. The first-order valence-electron chi connectivity index (χ1n) is 9.73. The van der Waals surface area contributed by atoms with Crippen molar-refractivity contribution in [2.75, 3.05) is 4.90 Å². The molecule has 0 bridgehead atoms. The van der Waals surface area contributed by atoms with Crippen LogP contribution in [0.1, 0.15) is 38.2 Å². The third kappa shape index (κ3) is 2.28. The Morgan fingerprint density at radius 1 is 1.04 bits per heavy atom. The fourth-order valence-electron chi connectivity index (χ4n) is 4.13. The highest BCUT2D eigenvalue weighted by Crippen LogP contribution is 2.48. The largest absolute Gasteiger partial charge is 0.274 e. The number of allylic oxidation sites excluding steroid dienone is 1. The lowest BCUT2D eigenvalue weighted by Gasteiger charge is -2.22. The summed E-state index contributed by atoms with van der Waals surface area (Å²) in [6.07, 6.45) is 9.52. The second-order valence-corrected chi connectivity index (χ2v) is 6.89. The molecule has 0 aliphatic carbocycles. The van der Waals surface area contributed by atoms with Crippen molar-refractivity contribution < 1.29 is 0 Å². The van der Waals surface area contributed by atoms with Gasteiger partial charge in [0.05, 0.1) is 11.2 Å². The first kappa shape index (κ1) is 16.7. The summed E-state index contributed by atoms with van der Waals surface area (Å²) in [5, 5.41) is 2.27. The highest BCUT2D eigenvalue weighted by atomic mass is 15.3. The zero-order valence-electron chi connectivity index (χ0n) is 16.0. The monoisotopic (exact) mass is 364 g/mol. The second-order valence-electron chi connectivity index (χ2n) is 6.89. The average Bonchev–Trinajstić information content (AvgIpc) is 3.23. The SMILES string of the molecule is CCC#CN1c2c(ccc3c4cccnc4n(C#CCC)c23)C2C=CC=NC21. The topological polar surface area (TPSA) is 33.4 Å². The minimum absolute atomic E-state index is 0.0248. The predicted octanol–water partition coefficient (Wildman–Crippen LogP) is 4.65. The van der Waals surface area contributed by atoms with Crippen molar-refractivity contribution in [1.29, 1.82) is 0 Å². The molecule has 1 aromatic carbocycles. The lowest BCUT2D eigenvalue weighted by Crippen LogP contribution is -2.29. The van der Waals surface area contributed by atoms with Gasteiger partial charge in [0.1, 0.15) is 6.17 Å². The van der Waals surface area contributed by atoms with Crippen molar-refractivity contribution in [2.45, 2.75) is 38.8 Å². The van der Waals surface area contributed by atoms with Crippen LogP contribution in [0.3, 0.4) is 0 Å². The Balaban J connectivity index is 1.91. The summed E-state index contributed by atoms with van der Waals surface area (Å²) in [5.74, 6) is 6.67. The van der Waals surface area contributed by atoms with Gasteiger partial charge in [-0.15, -0.1) is 0 Å². The Morgan fingerprint density at radius 2 is 1.89 bits per heavy atom. The summed E-state index contributed by atoms with van der Waals surface area (Å²) in [6.45, 7) is 4.13. The molecule has 2 unspecified atom stereocenters. The van der Waals surface area contributed by atoms with E-state index in [1.165, 1.54) is 5.56 Å². The van der Waals surface area contributed by atoms with Crippen molar-refractivity contribution in [3.63, 3.8) is 0 Å². The molecule has 5 rings (SSSR count). The van der Waals surface area contributed by atoms with Gasteiger partial charge >= 0.3 is 0 Å². The Bertz CT molecular complexity index is 1270. The number of pyridine rings is 1. The van der Waals surface area contributed by atoms with E-state index in [0.29, 0.717) is 0 Å². The zero-order valence-corrected chi connectivity index (χ0v) is 16.0. The van der Waals surface area contributed by atoms with E-state index in [2.05, 4.69) is 71.9 Å². The molecule has 0 spiro atoms. The van der Waals surface area contributed by atoms with Gasteiger partial charge in [-0.1, -0.05) is 43.9 Å². The molecular weight excluding hydrogens is 344 g/mol. The number of hydrogen-bond acceptors (Lipinski definition) is 3. The molecule has 28 heavy (non-hydrogen) atoms. The third-order valence-electron chi connectivity index (χ3n) is 5.27. The molecule has 0 saturated heterocycles. The quantitative estimate of drug-likeness (QED) is 0.544. The summed E-state index contributed by atoms with van der Waals surface area (Å²) in [7, 11) is 0. The van der Waals surface area contributed by atoms with E-state index in [0.717, 1.165) is 40.5 Å². The van der Waals surface area contributed by atoms with Crippen LogP contribution in [-0.4, -0.2) is 21.9 Å². The van der Waals surface area contributed by atoms with Gasteiger partial charge in [0.25, 0.3) is 0 Å². The first-order valence-corrected chi connectivity index (χ1v) is 9.73. The lowest BCUT2D eigenvalue weighted by atomic mass is 9.96. The maximum atomic E-state index is 4.74. The summed E-state index contributed by atoms with van der Waals surface area (Å²) < 4.78 is 2.04. The molecule has 2 aliphatic rings. The maximum Gasteiger partial charge on any atom is 0.152 e. The molecule has 0 amide bonds. The normalized spacial score (nSPS) is 19.1. The zero-order chi connectivity index (χ0) is 19.1. The van der Waals surface area contributed by atoms with Crippen LogP contribution in [0, 0.1) is 23.9 Å². The van der Waals surface area contributed by atoms with Crippen LogP contribution in [-0.2, 0) is 0 Å². The second kappa shape index (κ2) is 6.59. The lowest BCUT2D eigenvalue weighted by molar-refractivity contribution is 0.663. The Hall–Kier alpha value is -3.50. The van der Waals surface area contributed by atoms with Crippen molar-refractivity contribution in [3.05, 3.63) is 48.2 Å². The smallest absolute Gasteiger partial charge is 0.152 e. The molecule has 2 aliphatic heterocycles. The highest BCUT2D eigenvalue weighted by molar-refractivity contribution is 6.13. The van der Waals surface area contributed by atoms with Crippen molar-refractivity contribution >= 4 is 33.8 Å². The van der Waals surface area contributed by atoms with Crippen molar-refractivity contribution in [1.82, 2.24) is 9.55 Å². The van der Waals surface area contributed by atoms with E-state index in [1.54, 1.807) is 0 Å². The minimum atomic E-state index is -0.0248. The van der Waals surface area contributed by atoms with Gasteiger partial charge in [0, 0.05) is 54.0 Å². The number of aliphatic imine (C=N–C) groups is 1. The molecule has 0 radical (unpaired) electrons. The molecule has 0 saturated carbocycles. The summed E-state index contributed by atoms with van der Waals surface area (Å²) in [5.41, 5.74) is 4.33. The number of benzene rings is 1. The number of fused-ring (bicyclic) bond motifs is 7. The van der Waals surface area contributed by atoms with E-state index in [9.17, 15) is 0 Å². The van der Waals surface area contributed by atoms with Gasteiger partial charge < -0.3 is 0 Å². The Kier molecular flexibility index (Phi) is 3.92. The van der Waals surface area contributed by atoms with E-state index < -0.39 is 0 Å². The van der Waals surface area contributed by atoms with Gasteiger partial charge in [-0.3, -0.25) is 9.89 Å². The van der Waals surface area contributed by atoms with Gasteiger partial charge in [0.2, 0.25) is 0 Å². The molecule has 4 nitrogen and oxygen atoms in total. The molecule has 2 aromatic heterocycles. The van der Waals surface area contributed by atoms with E-state index in [-0.39, 0.29) is 12.1 Å². The van der Waals surface area contributed by atoms with Crippen molar-refractivity contribution in [2.24, 2.45) is 4.99 Å². The number of anilines is 1. The van der Waals surface area contributed by atoms with Gasteiger partial charge in [0.15, 0.2) is 5.65 Å². The fraction of sp³-hybridized carbons (Fsp3) is 0.250. The molecule has 136 valence electrons. The van der Waals surface area contributed by atoms with Crippen LogP contribution in [0.4, 0.5) is 5.69 Å². The fourth-order valence-corrected chi connectivity index (χ4v) is 4.13. The van der Waals surface area contributed by atoms with Gasteiger partial charge in [-0.2, -0.15) is 0 Å². The molecule has 0 fully saturated rings. The Morgan fingerprint density at radius 3 is 2.75 bits per heavy atom. The number of nitrogens with zero attached hydrogens (tertiary/aromatic N) is 4. The molecule has 2 atom stereocenters. The minimum Gasteiger partial charge on any atom is -0.274 e. The Labute approximate surface area is 164 Å². The predicted molar refractivity (Wildman–Crippen MR) is 115 cm³/mol. The van der Waals surface area contributed by atoms with Gasteiger partial charge in [-0.25, -0.2) is 9.55 Å². The molecule has 3 aromatic rings. The van der Waals surface area contributed by atoms with Gasteiger partial charge in [-0.05, 0) is 23.8 Å². The number of dihydropyridines is 1. The average molecular weight is 364 g/mol. The number of rotatable bonds is 0. The highest BCUT2D eigenvalue weighted by Gasteiger charge is 2.39. The molecule has 4 heteroatoms. The van der Waals surface area contributed by atoms with E-state index >= 15 is 0 Å². The van der Waals surface area contributed by atoms with Crippen LogP contribution in [0.5, 0.6) is 0 Å². The molecular formula is C24H20N4.